The number of anilines is 1. The van der Waals surface area contributed by atoms with Gasteiger partial charge in [0, 0.05) is 24.2 Å². The minimum Gasteiger partial charge on any atom is -0.378 e. The number of ether oxygens (including phenoxy) is 1. The molecule has 0 atom stereocenters. The fourth-order valence-corrected chi connectivity index (χ4v) is 2.97. The highest BCUT2D eigenvalue weighted by atomic mass is 16.5. The Labute approximate surface area is 142 Å². The fourth-order valence-electron chi connectivity index (χ4n) is 2.97. The molecule has 0 N–H and O–H groups in total. The van der Waals surface area contributed by atoms with Crippen molar-refractivity contribution < 1.29 is 4.74 Å². The summed E-state index contributed by atoms with van der Waals surface area (Å²) in [5, 5.41) is 1.17. The molecule has 2 aromatic carbocycles. The smallest absolute Gasteiger partial charge is 0.0709 e. The van der Waals surface area contributed by atoms with Gasteiger partial charge in [0.1, 0.15) is 0 Å². The molecule has 1 aliphatic rings. The second kappa shape index (κ2) is 6.85. The predicted octanol–water partition coefficient (Wildman–Crippen LogP) is 4.24. The third kappa shape index (κ3) is 3.31. The first-order chi connectivity index (χ1) is 11.9. The lowest BCUT2D eigenvalue weighted by Crippen LogP contribution is -2.36. The van der Waals surface area contributed by atoms with Gasteiger partial charge in [0.25, 0.3) is 0 Å². The topological polar surface area (TPSA) is 25.4 Å². The van der Waals surface area contributed by atoms with Gasteiger partial charge in [-0.1, -0.05) is 42.5 Å². The maximum atomic E-state index is 5.40. The molecular weight excluding hydrogens is 296 g/mol. The van der Waals surface area contributed by atoms with Gasteiger partial charge in [0.15, 0.2) is 0 Å². The second-order valence-corrected chi connectivity index (χ2v) is 5.95. The van der Waals surface area contributed by atoms with E-state index >= 15 is 0 Å². The molecule has 24 heavy (non-hydrogen) atoms. The molecule has 3 nitrogen and oxygen atoms in total. The van der Waals surface area contributed by atoms with Gasteiger partial charge in [-0.25, -0.2) is 4.98 Å². The highest BCUT2D eigenvalue weighted by Gasteiger charge is 2.10. The predicted molar refractivity (Wildman–Crippen MR) is 100 cm³/mol. The molecule has 1 saturated heterocycles. The Kier molecular flexibility index (Phi) is 4.26. The lowest BCUT2D eigenvalue weighted by atomic mass is 10.1. The molecule has 4 rings (SSSR count). The molecule has 1 aliphatic heterocycles. The molecule has 3 heteroatoms. The molecule has 0 bridgehead atoms. The van der Waals surface area contributed by atoms with E-state index in [1.165, 1.54) is 16.6 Å². The Morgan fingerprint density at radius 3 is 2.46 bits per heavy atom. The fraction of sp³-hybridized carbons (Fsp3) is 0.190. The average molecular weight is 316 g/mol. The van der Waals surface area contributed by atoms with E-state index < -0.39 is 0 Å². The number of fused-ring (bicyclic) bond motifs is 1. The van der Waals surface area contributed by atoms with E-state index in [9.17, 15) is 0 Å². The molecule has 0 spiro atoms. The average Bonchev–Trinajstić information content (AvgIpc) is 2.67. The zero-order valence-electron chi connectivity index (χ0n) is 13.6. The largest absolute Gasteiger partial charge is 0.378 e. The molecule has 0 aliphatic carbocycles. The van der Waals surface area contributed by atoms with E-state index in [1.807, 2.05) is 18.2 Å². The number of morpholine rings is 1. The number of rotatable bonds is 3. The molecule has 3 aromatic rings. The Morgan fingerprint density at radius 2 is 1.62 bits per heavy atom. The SMILES string of the molecule is C(=Cc1ccc2ccccc2n1)c1ccc(N2CCOCC2)cc1. The van der Waals surface area contributed by atoms with Crippen molar-refractivity contribution in [3.8, 4) is 0 Å². The van der Waals surface area contributed by atoms with Crippen LogP contribution in [0.1, 0.15) is 11.3 Å². The summed E-state index contributed by atoms with van der Waals surface area (Å²) in [5.41, 5.74) is 4.45. The van der Waals surface area contributed by atoms with Crippen molar-refractivity contribution >= 4 is 28.7 Å². The van der Waals surface area contributed by atoms with Crippen LogP contribution in [0, 0.1) is 0 Å². The van der Waals surface area contributed by atoms with Crippen molar-refractivity contribution in [2.45, 2.75) is 0 Å². The Balaban J connectivity index is 1.50. The molecule has 0 saturated carbocycles. The Bertz CT molecular complexity index is 849. The van der Waals surface area contributed by atoms with Gasteiger partial charge in [-0.15, -0.1) is 0 Å². The maximum absolute atomic E-state index is 5.40. The number of para-hydroxylation sites is 1. The second-order valence-electron chi connectivity index (χ2n) is 5.95. The van der Waals surface area contributed by atoms with E-state index in [-0.39, 0.29) is 0 Å². The van der Waals surface area contributed by atoms with E-state index in [4.69, 9.17) is 4.74 Å². The van der Waals surface area contributed by atoms with Crippen LogP contribution in [0.2, 0.25) is 0 Å². The van der Waals surface area contributed by atoms with Gasteiger partial charge in [0.05, 0.1) is 24.4 Å². The molecule has 0 radical (unpaired) electrons. The van der Waals surface area contributed by atoms with Crippen molar-refractivity contribution in [1.29, 1.82) is 0 Å². The van der Waals surface area contributed by atoms with Crippen molar-refractivity contribution in [3.05, 3.63) is 71.9 Å². The quantitative estimate of drug-likeness (QED) is 0.722. The summed E-state index contributed by atoms with van der Waals surface area (Å²) in [6, 6.07) is 21.0. The van der Waals surface area contributed by atoms with Crippen LogP contribution < -0.4 is 4.90 Å². The van der Waals surface area contributed by atoms with E-state index in [0.717, 1.165) is 37.5 Å². The van der Waals surface area contributed by atoms with Crippen molar-refractivity contribution in [3.63, 3.8) is 0 Å². The first-order valence-corrected chi connectivity index (χ1v) is 8.35. The molecule has 120 valence electrons. The third-order valence-corrected chi connectivity index (χ3v) is 4.34. The minimum absolute atomic E-state index is 0.815. The van der Waals surface area contributed by atoms with Crippen LogP contribution >= 0.6 is 0 Å². The van der Waals surface area contributed by atoms with Gasteiger partial charge in [-0.2, -0.15) is 0 Å². The summed E-state index contributed by atoms with van der Waals surface area (Å²) in [7, 11) is 0. The van der Waals surface area contributed by atoms with Crippen LogP contribution in [-0.2, 0) is 4.74 Å². The molecule has 0 amide bonds. The molecule has 0 unspecified atom stereocenters. The number of benzene rings is 2. The van der Waals surface area contributed by atoms with Crippen LogP contribution in [-0.4, -0.2) is 31.3 Å². The zero-order chi connectivity index (χ0) is 16.2. The number of pyridine rings is 1. The molecular formula is C21H20N2O. The first kappa shape index (κ1) is 14.9. The van der Waals surface area contributed by atoms with E-state index in [0.29, 0.717) is 0 Å². The summed E-state index contributed by atoms with van der Waals surface area (Å²) < 4.78 is 5.40. The van der Waals surface area contributed by atoms with Crippen LogP contribution in [0.25, 0.3) is 23.1 Å². The summed E-state index contributed by atoms with van der Waals surface area (Å²) in [6.07, 6.45) is 4.18. The lowest BCUT2D eigenvalue weighted by molar-refractivity contribution is 0.122. The zero-order valence-corrected chi connectivity index (χ0v) is 13.6. The van der Waals surface area contributed by atoms with Crippen molar-refractivity contribution in [2.75, 3.05) is 31.2 Å². The van der Waals surface area contributed by atoms with Crippen molar-refractivity contribution in [2.24, 2.45) is 0 Å². The monoisotopic (exact) mass is 316 g/mol. The summed E-state index contributed by atoms with van der Waals surface area (Å²) in [4.78, 5) is 7.04. The van der Waals surface area contributed by atoms with E-state index in [1.54, 1.807) is 0 Å². The third-order valence-electron chi connectivity index (χ3n) is 4.34. The number of aromatic nitrogens is 1. The summed E-state index contributed by atoms with van der Waals surface area (Å²) in [5.74, 6) is 0. The van der Waals surface area contributed by atoms with Gasteiger partial charge in [-0.3, -0.25) is 0 Å². The van der Waals surface area contributed by atoms with Crippen LogP contribution in [0.15, 0.2) is 60.7 Å². The number of hydrogen-bond donors (Lipinski definition) is 0. The molecule has 2 heterocycles. The number of nitrogens with zero attached hydrogens (tertiary/aromatic N) is 2. The Hall–Kier alpha value is -2.65. The Morgan fingerprint density at radius 1 is 0.833 bits per heavy atom. The van der Waals surface area contributed by atoms with Crippen LogP contribution in [0.3, 0.4) is 0 Å². The highest BCUT2D eigenvalue weighted by molar-refractivity contribution is 5.80. The minimum atomic E-state index is 0.815. The van der Waals surface area contributed by atoms with Gasteiger partial charge in [-0.05, 0) is 35.9 Å². The maximum Gasteiger partial charge on any atom is 0.0709 e. The van der Waals surface area contributed by atoms with Crippen LogP contribution in [0.5, 0.6) is 0 Å². The lowest BCUT2D eigenvalue weighted by Gasteiger charge is -2.28. The van der Waals surface area contributed by atoms with Gasteiger partial charge < -0.3 is 9.64 Å². The number of hydrogen-bond acceptors (Lipinski definition) is 3. The van der Waals surface area contributed by atoms with Gasteiger partial charge >= 0.3 is 0 Å². The van der Waals surface area contributed by atoms with Crippen LogP contribution in [0.4, 0.5) is 5.69 Å². The summed E-state index contributed by atoms with van der Waals surface area (Å²) in [6.45, 7) is 3.57. The molecule has 1 fully saturated rings. The summed E-state index contributed by atoms with van der Waals surface area (Å²) >= 11 is 0. The van der Waals surface area contributed by atoms with Gasteiger partial charge in [0.2, 0.25) is 0 Å². The standard InChI is InChI=1S/C21H20N2O/c1-2-4-21-18(3-1)8-10-19(22-21)9-5-17-6-11-20(12-7-17)23-13-15-24-16-14-23/h1-12H,13-16H2. The molecule has 1 aromatic heterocycles. The first-order valence-electron chi connectivity index (χ1n) is 8.35. The van der Waals surface area contributed by atoms with Crippen molar-refractivity contribution in [1.82, 2.24) is 4.98 Å². The highest BCUT2D eigenvalue weighted by Crippen LogP contribution is 2.18. The normalized spacial score (nSPS) is 15.2. The van der Waals surface area contributed by atoms with E-state index in [2.05, 4.69) is 64.5 Å².